The molecule has 1 aromatic heterocycles. The molecule has 0 spiro atoms. The lowest BCUT2D eigenvalue weighted by molar-refractivity contribution is 0.106. The van der Waals surface area contributed by atoms with Crippen molar-refractivity contribution in [1.29, 1.82) is 0 Å². The number of fused-ring (bicyclic) bond motifs is 4. The number of ether oxygens (including phenoxy) is 1. The molecule has 2 heterocycles. The first-order valence-electron chi connectivity index (χ1n) is 9.25. The molecule has 142 valence electrons. The van der Waals surface area contributed by atoms with E-state index in [0.29, 0.717) is 6.42 Å². The van der Waals surface area contributed by atoms with Crippen molar-refractivity contribution in [3.05, 3.63) is 99.6 Å². The average Bonchev–Trinajstić information content (AvgIpc) is 2.76. The van der Waals surface area contributed by atoms with Crippen LogP contribution in [0.2, 0.25) is 0 Å². The van der Waals surface area contributed by atoms with Crippen LogP contribution in [-0.2, 0) is 5.60 Å². The number of benzene rings is 3. The molecule has 3 aromatic carbocycles. The van der Waals surface area contributed by atoms with Gasteiger partial charge in [0.25, 0.3) is 0 Å². The van der Waals surface area contributed by atoms with Gasteiger partial charge in [-0.1, -0.05) is 48.5 Å². The van der Waals surface area contributed by atoms with Crippen LogP contribution < -0.4 is 4.74 Å². The second-order valence-corrected chi connectivity index (χ2v) is 8.64. The van der Waals surface area contributed by atoms with E-state index in [1.165, 1.54) is 0 Å². The predicted octanol–water partition coefficient (Wildman–Crippen LogP) is 7.03. The van der Waals surface area contributed by atoms with Crippen LogP contribution in [-0.4, -0.2) is 9.97 Å². The minimum absolute atomic E-state index is 0.574. The number of para-hydroxylation sites is 1. The molecule has 29 heavy (non-hydrogen) atoms. The highest BCUT2D eigenvalue weighted by Crippen LogP contribution is 2.49. The third kappa shape index (κ3) is 2.83. The summed E-state index contributed by atoms with van der Waals surface area (Å²) < 4.78 is 8.49. The van der Waals surface area contributed by atoms with Gasteiger partial charge in [0.1, 0.15) is 28.2 Å². The molecule has 1 aliphatic heterocycles. The van der Waals surface area contributed by atoms with E-state index < -0.39 is 5.60 Å². The lowest BCUT2D eigenvalue weighted by Gasteiger charge is -2.39. The molecule has 0 amide bonds. The van der Waals surface area contributed by atoms with E-state index in [-0.39, 0.29) is 0 Å². The first-order chi connectivity index (χ1) is 14.1. The average molecular weight is 508 g/mol. The van der Waals surface area contributed by atoms with Gasteiger partial charge in [0, 0.05) is 26.5 Å². The van der Waals surface area contributed by atoms with E-state index in [4.69, 9.17) is 14.7 Å². The van der Waals surface area contributed by atoms with Crippen molar-refractivity contribution in [2.24, 2.45) is 0 Å². The van der Waals surface area contributed by atoms with Crippen LogP contribution in [0.25, 0.3) is 22.3 Å². The van der Waals surface area contributed by atoms with Gasteiger partial charge in [0.05, 0.1) is 0 Å². The van der Waals surface area contributed by atoms with Crippen LogP contribution in [0.5, 0.6) is 5.75 Å². The molecule has 4 aromatic rings. The Morgan fingerprint density at radius 3 is 2.24 bits per heavy atom. The molecule has 0 N–H and O–H groups in total. The van der Waals surface area contributed by atoms with E-state index in [0.717, 1.165) is 48.2 Å². The summed E-state index contributed by atoms with van der Waals surface area (Å²) in [5, 5.41) is 0. The Morgan fingerprint density at radius 2 is 1.52 bits per heavy atom. The molecule has 5 rings (SSSR count). The van der Waals surface area contributed by atoms with E-state index in [1.54, 1.807) is 0 Å². The Morgan fingerprint density at radius 1 is 0.862 bits per heavy atom. The summed E-state index contributed by atoms with van der Waals surface area (Å²) in [6.45, 7) is 4.00. The highest BCUT2D eigenvalue weighted by molar-refractivity contribution is 9.11. The second-order valence-electron chi connectivity index (χ2n) is 6.93. The smallest absolute Gasteiger partial charge is 0.181 e. The summed E-state index contributed by atoms with van der Waals surface area (Å²) in [6, 6.07) is 22.1. The van der Waals surface area contributed by atoms with Gasteiger partial charge in [0.2, 0.25) is 0 Å². The number of hydrogen-bond donors (Lipinski definition) is 0. The highest BCUT2D eigenvalue weighted by atomic mass is 79.9. The van der Waals surface area contributed by atoms with Crippen molar-refractivity contribution in [2.45, 2.75) is 12.0 Å². The van der Waals surface area contributed by atoms with E-state index in [2.05, 4.69) is 50.6 Å². The molecule has 1 aliphatic rings. The van der Waals surface area contributed by atoms with E-state index in [1.807, 2.05) is 60.7 Å². The minimum Gasteiger partial charge on any atom is -0.475 e. The van der Waals surface area contributed by atoms with Crippen LogP contribution in [0.3, 0.4) is 0 Å². The van der Waals surface area contributed by atoms with Crippen molar-refractivity contribution >= 4 is 42.9 Å². The molecular formula is C24H16Br2N2O. The summed E-state index contributed by atoms with van der Waals surface area (Å²) >= 11 is 7.27. The van der Waals surface area contributed by atoms with Gasteiger partial charge in [-0.2, -0.15) is 0 Å². The lowest BCUT2D eigenvalue weighted by atomic mass is 9.82. The van der Waals surface area contributed by atoms with E-state index >= 15 is 0 Å². The molecule has 0 radical (unpaired) electrons. The highest BCUT2D eigenvalue weighted by Gasteiger charge is 2.44. The van der Waals surface area contributed by atoms with Crippen molar-refractivity contribution in [1.82, 2.24) is 9.97 Å². The Bertz CT molecular complexity index is 1260. The normalized spacial score (nSPS) is 17.3. The maximum absolute atomic E-state index is 6.69. The van der Waals surface area contributed by atoms with Crippen molar-refractivity contribution in [3.8, 4) is 17.0 Å². The molecular weight excluding hydrogens is 492 g/mol. The van der Waals surface area contributed by atoms with Crippen molar-refractivity contribution < 1.29 is 4.74 Å². The number of hydrogen-bond acceptors (Lipinski definition) is 3. The maximum atomic E-state index is 6.69. The quantitative estimate of drug-likeness (QED) is 0.279. The first kappa shape index (κ1) is 18.5. The molecule has 0 bridgehead atoms. The fourth-order valence-electron chi connectivity index (χ4n) is 3.89. The largest absolute Gasteiger partial charge is 0.475 e. The summed E-state index contributed by atoms with van der Waals surface area (Å²) in [4.78, 5) is 10.2. The molecule has 0 aliphatic carbocycles. The standard InChI is InChI=1S/C24H16Br2N2O/c1-2-14-24(15-8-4-3-5-9-15)23-20(16-10-6-7-11-19(16)29-24)27-21-17(25)12-13-18(26)22(21)28-23/h2-13H,1,14H2/t24-/m0/s1. The third-order valence-corrected chi connectivity index (χ3v) is 6.48. The second kappa shape index (κ2) is 7.08. The Hall–Kier alpha value is -2.50. The Kier molecular flexibility index (Phi) is 4.52. The van der Waals surface area contributed by atoms with Crippen LogP contribution >= 0.6 is 31.9 Å². The van der Waals surface area contributed by atoms with Gasteiger partial charge in [0.15, 0.2) is 5.60 Å². The number of nitrogens with zero attached hydrogens (tertiary/aromatic N) is 2. The third-order valence-electron chi connectivity index (χ3n) is 5.21. The molecule has 0 saturated heterocycles. The summed E-state index contributed by atoms with van der Waals surface area (Å²) in [7, 11) is 0. The van der Waals surface area contributed by atoms with Crippen LogP contribution in [0.4, 0.5) is 0 Å². The zero-order chi connectivity index (χ0) is 20.0. The zero-order valence-corrected chi connectivity index (χ0v) is 18.6. The molecule has 0 fully saturated rings. The molecule has 1 atom stereocenters. The van der Waals surface area contributed by atoms with Gasteiger partial charge in [-0.05, 0) is 56.1 Å². The SMILES string of the molecule is C=CC[C@@]1(c2ccccc2)Oc2ccccc2-c2nc3c(Br)ccc(Br)c3nc21. The van der Waals surface area contributed by atoms with Crippen LogP contribution in [0.1, 0.15) is 17.7 Å². The fraction of sp³-hybridized carbons (Fsp3) is 0.0833. The minimum atomic E-state index is -0.796. The van der Waals surface area contributed by atoms with Gasteiger partial charge in [-0.25, -0.2) is 9.97 Å². The topological polar surface area (TPSA) is 35.0 Å². The van der Waals surface area contributed by atoms with Crippen molar-refractivity contribution in [2.75, 3.05) is 0 Å². The maximum Gasteiger partial charge on any atom is 0.181 e. The number of rotatable bonds is 3. The molecule has 5 heteroatoms. The van der Waals surface area contributed by atoms with Gasteiger partial charge in [-0.15, -0.1) is 6.58 Å². The predicted molar refractivity (Wildman–Crippen MR) is 123 cm³/mol. The first-order valence-corrected chi connectivity index (χ1v) is 10.8. The van der Waals surface area contributed by atoms with Gasteiger partial charge >= 0.3 is 0 Å². The zero-order valence-electron chi connectivity index (χ0n) is 15.4. The summed E-state index contributed by atoms with van der Waals surface area (Å²) in [5.74, 6) is 0.797. The fourth-order valence-corrected chi connectivity index (χ4v) is 4.71. The Balaban J connectivity index is 1.93. The van der Waals surface area contributed by atoms with Crippen LogP contribution in [0.15, 0.2) is 88.3 Å². The Labute approximate surface area is 185 Å². The van der Waals surface area contributed by atoms with Gasteiger partial charge in [-0.3, -0.25) is 0 Å². The van der Waals surface area contributed by atoms with Crippen molar-refractivity contribution in [3.63, 3.8) is 0 Å². The molecule has 0 saturated carbocycles. The monoisotopic (exact) mass is 506 g/mol. The molecule has 3 nitrogen and oxygen atoms in total. The summed E-state index contributed by atoms with van der Waals surface area (Å²) in [5.41, 5.74) is 4.42. The lowest BCUT2D eigenvalue weighted by Crippen LogP contribution is -2.38. The molecule has 0 unspecified atom stereocenters. The van der Waals surface area contributed by atoms with Crippen LogP contribution in [0, 0.1) is 0 Å². The summed E-state index contributed by atoms with van der Waals surface area (Å²) in [6.07, 6.45) is 2.46. The van der Waals surface area contributed by atoms with Gasteiger partial charge < -0.3 is 4.74 Å². The van der Waals surface area contributed by atoms with E-state index in [9.17, 15) is 0 Å². The number of aromatic nitrogens is 2. The number of halogens is 2.